The van der Waals surface area contributed by atoms with E-state index in [-0.39, 0.29) is 11.2 Å². The normalized spacial score (nSPS) is 10.9. The largest absolute Gasteiger partial charge is 0.294 e. The van der Waals surface area contributed by atoms with Crippen molar-refractivity contribution in [3.8, 4) is 0 Å². The first kappa shape index (κ1) is 14.3. The molecule has 0 atom stereocenters. The molecular weight excluding hydrogens is 244 g/mol. The molecule has 0 saturated heterocycles. The van der Waals surface area contributed by atoms with Gasteiger partial charge in [-0.1, -0.05) is 81.4 Å². The fraction of sp³-hybridized carbons (Fsp3) is 0.211. The Hall–Kier alpha value is -2.15. The molecule has 0 aliphatic carbocycles. The van der Waals surface area contributed by atoms with Crippen LogP contribution in [-0.2, 0) is 4.79 Å². The number of allylic oxidation sites excluding steroid dienone is 1. The summed E-state index contributed by atoms with van der Waals surface area (Å²) in [4.78, 5) is 12.3. The lowest BCUT2D eigenvalue weighted by atomic mass is 9.87. The van der Waals surface area contributed by atoms with Gasteiger partial charge in [-0.25, -0.2) is 0 Å². The SMILES string of the molecule is CC(C)(C)C(=O)C=C(c1ccccc1)c1ccccc1. The molecule has 2 rings (SSSR count). The zero-order chi connectivity index (χ0) is 14.6. The first-order chi connectivity index (χ1) is 9.48. The smallest absolute Gasteiger partial charge is 0.161 e. The van der Waals surface area contributed by atoms with Crippen LogP contribution < -0.4 is 0 Å². The van der Waals surface area contributed by atoms with E-state index in [2.05, 4.69) is 0 Å². The summed E-state index contributed by atoms with van der Waals surface area (Å²) < 4.78 is 0. The van der Waals surface area contributed by atoms with Crippen LogP contribution in [0.4, 0.5) is 0 Å². The summed E-state index contributed by atoms with van der Waals surface area (Å²) >= 11 is 0. The fourth-order valence-electron chi connectivity index (χ4n) is 1.92. The monoisotopic (exact) mass is 264 g/mol. The second kappa shape index (κ2) is 5.87. The van der Waals surface area contributed by atoms with Gasteiger partial charge in [-0.3, -0.25) is 4.79 Å². The molecule has 0 fully saturated rings. The molecule has 0 heterocycles. The van der Waals surface area contributed by atoms with Gasteiger partial charge in [0, 0.05) is 5.41 Å². The summed E-state index contributed by atoms with van der Waals surface area (Å²) in [6.45, 7) is 5.83. The highest BCUT2D eigenvalue weighted by molar-refractivity contribution is 6.02. The van der Waals surface area contributed by atoms with E-state index in [4.69, 9.17) is 0 Å². The molecule has 0 amide bonds. The summed E-state index contributed by atoms with van der Waals surface area (Å²) in [5.41, 5.74) is 2.74. The van der Waals surface area contributed by atoms with E-state index in [1.165, 1.54) is 0 Å². The molecule has 2 aromatic rings. The van der Waals surface area contributed by atoms with E-state index >= 15 is 0 Å². The van der Waals surface area contributed by atoms with Crippen molar-refractivity contribution in [2.45, 2.75) is 20.8 Å². The van der Waals surface area contributed by atoms with Crippen LogP contribution in [-0.4, -0.2) is 5.78 Å². The minimum Gasteiger partial charge on any atom is -0.294 e. The number of carbonyl (C=O) groups is 1. The van der Waals surface area contributed by atoms with Gasteiger partial charge < -0.3 is 0 Å². The van der Waals surface area contributed by atoms with E-state index < -0.39 is 0 Å². The van der Waals surface area contributed by atoms with Gasteiger partial charge in [0.2, 0.25) is 0 Å². The van der Waals surface area contributed by atoms with Crippen LogP contribution in [0.5, 0.6) is 0 Å². The van der Waals surface area contributed by atoms with Gasteiger partial charge in [0.1, 0.15) is 0 Å². The zero-order valence-electron chi connectivity index (χ0n) is 12.3. The van der Waals surface area contributed by atoms with Crippen LogP contribution in [0.1, 0.15) is 31.9 Å². The van der Waals surface area contributed by atoms with Gasteiger partial charge in [-0.15, -0.1) is 0 Å². The first-order valence-electron chi connectivity index (χ1n) is 6.85. The summed E-state index contributed by atoms with van der Waals surface area (Å²) in [5, 5.41) is 0. The average Bonchev–Trinajstić information content (AvgIpc) is 2.45. The van der Waals surface area contributed by atoms with Gasteiger partial charge in [-0.05, 0) is 22.8 Å². The molecule has 0 radical (unpaired) electrons. The Kier molecular flexibility index (Phi) is 4.19. The summed E-state index contributed by atoms with van der Waals surface area (Å²) in [7, 11) is 0. The van der Waals surface area contributed by atoms with E-state index in [1.54, 1.807) is 6.08 Å². The Balaban J connectivity index is 2.52. The van der Waals surface area contributed by atoms with E-state index in [0.29, 0.717) is 0 Å². The lowest BCUT2D eigenvalue weighted by Crippen LogP contribution is -2.18. The predicted octanol–water partition coefficient (Wildman–Crippen LogP) is 4.73. The van der Waals surface area contributed by atoms with Crippen LogP contribution in [0.2, 0.25) is 0 Å². The maximum Gasteiger partial charge on any atom is 0.161 e. The Morgan fingerprint density at radius 1 is 0.800 bits per heavy atom. The molecule has 0 aliphatic heterocycles. The Bertz CT molecular complexity index is 560. The Morgan fingerprint density at radius 2 is 1.20 bits per heavy atom. The highest BCUT2D eigenvalue weighted by Gasteiger charge is 2.20. The molecule has 20 heavy (non-hydrogen) atoms. The van der Waals surface area contributed by atoms with Crippen LogP contribution in [0.3, 0.4) is 0 Å². The van der Waals surface area contributed by atoms with Gasteiger partial charge in [0.15, 0.2) is 5.78 Å². The maximum absolute atomic E-state index is 12.3. The van der Waals surface area contributed by atoms with Crippen LogP contribution >= 0.6 is 0 Å². The molecule has 0 N–H and O–H groups in total. The summed E-state index contributed by atoms with van der Waals surface area (Å²) in [6, 6.07) is 20.1. The van der Waals surface area contributed by atoms with Gasteiger partial charge in [0.25, 0.3) is 0 Å². The molecule has 0 aliphatic rings. The van der Waals surface area contributed by atoms with Crippen molar-refractivity contribution >= 4 is 11.4 Å². The molecule has 0 saturated carbocycles. The second-order valence-corrected chi connectivity index (χ2v) is 5.90. The van der Waals surface area contributed by atoms with Crippen LogP contribution in [0.25, 0.3) is 5.57 Å². The zero-order valence-corrected chi connectivity index (χ0v) is 12.3. The number of carbonyl (C=O) groups excluding carboxylic acids is 1. The van der Waals surface area contributed by atoms with Crippen molar-refractivity contribution in [1.29, 1.82) is 0 Å². The molecule has 0 unspecified atom stereocenters. The van der Waals surface area contributed by atoms with Crippen molar-refractivity contribution in [2.75, 3.05) is 0 Å². The van der Waals surface area contributed by atoms with E-state index in [9.17, 15) is 4.79 Å². The third-order valence-corrected chi connectivity index (χ3v) is 3.18. The second-order valence-electron chi connectivity index (χ2n) is 5.90. The van der Waals surface area contributed by atoms with Crippen molar-refractivity contribution in [2.24, 2.45) is 5.41 Å². The van der Waals surface area contributed by atoms with Crippen LogP contribution in [0, 0.1) is 5.41 Å². The number of hydrogen-bond acceptors (Lipinski definition) is 1. The third-order valence-electron chi connectivity index (χ3n) is 3.18. The average molecular weight is 264 g/mol. The number of ketones is 1. The molecule has 1 nitrogen and oxygen atoms in total. The van der Waals surface area contributed by atoms with Crippen molar-refractivity contribution < 1.29 is 4.79 Å². The van der Waals surface area contributed by atoms with Crippen molar-refractivity contribution in [3.05, 3.63) is 77.9 Å². The Labute approximate surface area is 121 Å². The summed E-state index contributed by atoms with van der Waals surface area (Å²) in [5.74, 6) is 0.139. The molecule has 0 bridgehead atoms. The van der Waals surface area contributed by atoms with Gasteiger partial charge in [-0.2, -0.15) is 0 Å². The quantitative estimate of drug-likeness (QED) is 0.732. The van der Waals surface area contributed by atoms with E-state index in [1.807, 2.05) is 81.4 Å². The fourth-order valence-corrected chi connectivity index (χ4v) is 1.92. The lowest BCUT2D eigenvalue weighted by molar-refractivity contribution is -0.121. The first-order valence-corrected chi connectivity index (χ1v) is 6.85. The molecule has 102 valence electrons. The van der Waals surface area contributed by atoms with E-state index in [0.717, 1.165) is 16.7 Å². The maximum atomic E-state index is 12.3. The molecule has 2 aromatic carbocycles. The standard InChI is InChI=1S/C19H20O/c1-19(2,3)18(20)14-17(15-10-6-4-7-11-15)16-12-8-5-9-13-16/h4-14H,1-3H3. The minimum absolute atomic E-state index is 0.139. The Morgan fingerprint density at radius 3 is 1.55 bits per heavy atom. The number of rotatable bonds is 3. The highest BCUT2D eigenvalue weighted by atomic mass is 16.1. The van der Waals surface area contributed by atoms with Gasteiger partial charge in [0.05, 0.1) is 0 Å². The highest BCUT2D eigenvalue weighted by Crippen LogP contribution is 2.26. The molecule has 1 heteroatoms. The molecule has 0 spiro atoms. The lowest BCUT2D eigenvalue weighted by Gasteiger charge is -2.16. The third kappa shape index (κ3) is 3.45. The van der Waals surface area contributed by atoms with Crippen molar-refractivity contribution in [3.63, 3.8) is 0 Å². The number of hydrogen-bond donors (Lipinski definition) is 0. The predicted molar refractivity (Wildman–Crippen MR) is 84.4 cm³/mol. The topological polar surface area (TPSA) is 17.1 Å². The van der Waals surface area contributed by atoms with Gasteiger partial charge >= 0.3 is 0 Å². The number of benzene rings is 2. The van der Waals surface area contributed by atoms with Crippen LogP contribution in [0.15, 0.2) is 66.7 Å². The molecular formula is C19H20O. The molecule has 0 aromatic heterocycles. The van der Waals surface area contributed by atoms with Crippen molar-refractivity contribution in [1.82, 2.24) is 0 Å². The summed E-state index contributed by atoms with van der Waals surface area (Å²) in [6.07, 6.45) is 1.77. The minimum atomic E-state index is -0.366.